The minimum absolute atomic E-state index is 0.0198. The molecule has 0 aliphatic rings. The first-order valence-electron chi connectivity index (χ1n) is 5.14. The fourth-order valence-electron chi connectivity index (χ4n) is 1.56. The number of rotatable bonds is 2. The Morgan fingerprint density at radius 1 is 1.37 bits per heavy atom. The maximum atomic E-state index is 11.6. The summed E-state index contributed by atoms with van der Waals surface area (Å²) in [5.41, 5.74) is 0.179. The second kappa shape index (κ2) is 4.98. The summed E-state index contributed by atoms with van der Waals surface area (Å²) in [4.78, 5) is 19.5. The van der Waals surface area contributed by atoms with Gasteiger partial charge >= 0.3 is 5.97 Å². The van der Waals surface area contributed by atoms with Crippen molar-refractivity contribution in [1.82, 2.24) is 14.5 Å². The zero-order valence-electron chi connectivity index (χ0n) is 9.86. The van der Waals surface area contributed by atoms with Gasteiger partial charge in [-0.05, 0) is 12.1 Å². The minimum Gasteiger partial charge on any atom is -0.465 e. The van der Waals surface area contributed by atoms with Gasteiger partial charge in [-0.25, -0.2) is 14.8 Å². The highest BCUT2D eigenvalue weighted by Gasteiger charge is 2.18. The molecular formula is C12H7N5O2. The molecule has 0 spiro atoms. The smallest absolute Gasteiger partial charge is 0.341 e. The molecule has 0 amide bonds. The lowest BCUT2D eigenvalue weighted by Gasteiger charge is -2.07. The van der Waals surface area contributed by atoms with Gasteiger partial charge < -0.3 is 4.74 Å². The number of imidazole rings is 1. The van der Waals surface area contributed by atoms with Crippen LogP contribution in [-0.2, 0) is 4.74 Å². The molecule has 2 rings (SSSR count). The number of pyridine rings is 1. The molecule has 92 valence electrons. The van der Waals surface area contributed by atoms with Crippen LogP contribution in [0.4, 0.5) is 0 Å². The molecule has 0 fully saturated rings. The Labute approximate surface area is 108 Å². The fourth-order valence-corrected chi connectivity index (χ4v) is 1.56. The van der Waals surface area contributed by atoms with Gasteiger partial charge in [0.1, 0.15) is 24.0 Å². The van der Waals surface area contributed by atoms with Crippen molar-refractivity contribution in [3.05, 3.63) is 41.6 Å². The third kappa shape index (κ3) is 2.01. The average Bonchev–Trinajstić information content (AvgIpc) is 2.89. The highest BCUT2D eigenvalue weighted by atomic mass is 16.5. The summed E-state index contributed by atoms with van der Waals surface area (Å²) in [5.74, 6) is -0.390. The van der Waals surface area contributed by atoms with E-state index in [1.165, 1.54) is 30.3 Å². The second-order valence-corrected chi connectivity index (χ2v) is 3.40. The molecule has 0 atom stereocenters. The Balaban J connectivity index is 2.68. The highest BCUT2D eigenvalue weighted by molar-refractivity contribution is 5.92. The quantitative estimate of drug-likeness (QED) is 0.733. The molecule has 0 N–H and O–H groups in total. The number of nitrogens with zero attached hydrogens (tertiary/aromatic N) is 5. The van der Waals surface area contributed by atoms with E-state index in [0.29, 0.717) is 0 Å². The summed E-state index contributed by atoms with van der Waals surface area (Å²) in [6.45, 7) is 0. The largest absolute Gasteiger partial charge is 0.465 e. The predicted octanol–water partition coefficient (Wildman–Crippen LogP) is 0.797. The molecule has 2 heterocycles. The number of methoxy groups -OCH3 is 1. The van der Waals surface area contributed by atoms with Crippen LogP contribution >= 0.6 is 0 Å². The first kappa shape index (κ1) is 12.3. The van der Waals surface area contributed by atoms with Crippen molar-refractivity contribution < 1.29 is 9.53 Å². The summed E-state index contributed by atoms with van der Waals surface area (Å²) in [5, 5.41) is 17.9. The Morgan fingerprint density at radius 2 is 2.16 bits per heavy atom. The number of nitriles is 2. The first-order valence-corrected chi connectivity index (χ1v) is 5.14. The predicted molar refractivity (Wildman–Crippen MR) is 62.1 cm³/mol. The van der Waals surface area contributed by atoms with Gasteiger partial charge in [-0.2, -0.15) is 10.5 Å². The van der Waals surface area contributed by atoms with Crippen molar-refractivity contribution in [2.45, 2.75) is 0 Å². The molecule has 0 aliphatic heterocycles. The van der Waals surface area contributed by atoms with Crippen LogP contribution in [0.15, 0.2) is 24.7 Å². The molecule has 0 unspecified atom stereocenters. The molecule has 19 heavy (non-hydrogen) atoms. The Morgan fingerprint density at radius 3 is 2.79 bits per heavy atom. The number of ether oxygens (including phenoxy) is 1. The van der Waals surface area contributed by atoms with Gasteiger partial charge in [0, 0.05) is 6.20 Å². The molecule has 2 aromatic rings. The highest BCUT2D eigenvalue weighted by Crippen LogP contribution is 2.16. The summed E-state index contributed by atoms with van der Waals surface area (Å²) >= 11 is 0. The van der Waals surface area contributed by atoms with Crippen LogP contribution in [0.3, 0.4) is 0 Å². The van der Waals surface area contributed by atoms with Crippen molar-refractivity contribution in [2.75, 3.05) is 7.11 Å². The van der Waals surface area contributed by atoms with E-state index < -0.39 is 5.97 Å². The van der Waals surface area contributed by atoms with E-state index in [9.17, 15) is 4.79 Å². The molecule has 0 radical (unpaired) electrons. The van der Waals surface area contributed by atoms with E-state index in [-0.39, 0.29) is 22.8 Å². The maximum Gasteiger partial charge on any atom is 0.341 e. The molecule has 2 aromatic heterocycles. The van der Waals surface area contributed by atoms with Crippen LogP contribution in [0.5, 0.6) is 0 Å². The van der Waals surface area contributed by atoms with Crippen LogP contribution in [0.1, 0.15) is 21.7 Å². The minimum atomic E-state index is -0.584. The van der Waals surface area contributed by atoms with Crippen molar-refractivity contribution in [2.24, 2.45) is 0 Å². The van der Waals surface area contributed by atoms with Crippen molar-refractivity contribution in [3.8, 4) is 18.0 Å². The maximum absolute atomic E-state index is 11.6. The lowest BCUT2D eigenvalue weighted by molar-refractivity contribution is 0.0600. The van der Waals surface area contributed by atoms with Crippen LogP contribution < -0.4 is 0 Å². The topological polar surface area (TPSA) is 105 Å². The zero-order valence-corrected chi connectivity index (χ0v) is 9.86. The Hall–Kier alpha value is -3.19. The summed E-state index contributed by atoms with van der Waals surface area (Å²) in [6, 6.07) is 6.75. The number of hydrogen-bond donors (Lipinski definition) is 0. The van der Waals surface area contributed by atoms with Gasteiger partial charge in [-0.1, -0.05) is 0 Å². The van der Waals surface area contributed by atoms with Gasteiger partial charge in [0.15, 0.2) is 17.2 Å². The second-order valence-electron chi connectivity index (χ2n) is 3.40. The van der Waals surface area contributed by atoms with Crippen molar-refractivity contribution >= 4 is 5.97 Å². The number of aromatic nitrogens is 3. The van der Waals surface area contributed by atoms with Gasteiger partial charge in [0.2, 0.25) is 0 Å². The zero-order chi connectivity index (χ0) is 13.8. The third-order valence-corrected chi connectivity index (χ3v) is 2.40. The van der Waals surface area contributed by atoms with Gasteiger partial charge in [0.05, 0.1) is 7.11 Å². The van der Waals surface area contributed by atoms with E-state index in [1.807, 2.05) is 6.07 Å². The number of hydrogen-bond acceptors (Lipinski definition) is 6. The summed E-state index contributed by atoms with van der Waals surface area (Å²) in [6.07, 6.45) is 2.74. The molecule has 0 aromatic carbocycles. The van der Waals surface area contributed by atoms with E-state index in [0.717, 1.165) is 0 Å². The van der Waals surface area contributed by atoms with Gasteiger partial charge in [0.25, 0.3) is 0 Å². The average molecular weight is 253 g/mol. The molecular weight excluding hydrogens is 246 g/mol. The van der Waals surface area contributed by atoms with Crippen LogP contribution in [0.25, 0.3) is 5.82 Å². The molecule has 0 saturated carbocycles. The van der Waals surface area contributed by atoms with E-state index in [2.05, 4.69) is 14.7 Å². The molecule has 0 aliphatic carbocycles. The van der Waals surface area contributed by atoms with Crippen molar-refractivity contribution in [1.29, 1.82) is 10.5 Å². The summed E-state index contributed by atoms with van der Waals surface area (Å²) < 4.78 is 5.93. The number of carbonyl (C=O) groups is 1. The third-order valence-electron chi connectivity index (χ3n) is 2.40. The first-order chi connectivity index (χ1) is 9.22. The normalized spacial score (nSPS) is 9.42. The lowest BCUT2D eigenvalue weighted by atomic mass is 10.2. The van der Waals surface area contributed by atoms with E-state index in [4.69, 9.17) is 10.5 Å². The van der Waals surface area contributed by atoms with Crippen LogP contribution in [0.2, 0.25) is 0 Å². The van der Waals surface area contributed by atoms with Gasteiger partial charge in [-0.15, -0.1) is 0 Å². The van der Waals surface area contributed by atoms with E-state index in [1.54, 1.807) is 12.1 Å². The number of carbonyl (C=O) groups excluding carboxylic acids is 1. The SMILES string of the molecule is COC(=O)c1cccnc1-n1cnc(C#N)c1C#N. The molecule has 0 saturated heterocycles. The molecule has 7 heteroatoms. The van der Waals surface area contributed by atoms with E-state index >= 15 is 0 Å². The fraction of sp³-hybridized carbons (Fsp3) is 0.0833. The van der Waals surface area contributed by atoms with Crippen molar-refractivity contribution in [3.63, 3.8) is 0 Å². The number of esters is 1. The monoisotopic (exact) mass is 253 g/mol. The Kier molecular flexibility index (Phi) is 3.22. The summed E-state index contributed by atoms with van der Waals surface area (Å²) in [7, 11) is 1.25. The standard InChI is InChI=1S/C12H7N5O2/c1-19-12(18)8-3-2-4-15-11(8)17-7-16-9(5-13)10(17)6-14/h2-4,7H,1H3. The van der Waals surface area contributed by atoms with Gasteiger partial charge in [-0.3, -0.25) is 4.57 Å². The Bertz CT molecular complexity index is 720. The molecule has 0 bridgehead atoms. The lowest BCUT2D eigenvalue weighted by Crippen LogP contribution is -2.10. The van der Waals surface area contributed by atoms with Crippen LogP contribution in [-0.4, -0.2) is 27.6 Å². The van der Waals surface area contributed by atoms with Crippen LogP contribution in [0, 0.1) is 22.7 Å². The molecule has 7 nitrogen and oxygen atoms in total.